The van der Waals surface area contributed by atoms with Gasteiger partial charge in [-0.3, -0.25) is 19.7 Å². The molecule has 0 fully saturated rings. The number of hydrogen-bond donors (Lipinski definition) is 2. The lowest BCUT2D eigenvalue weighted by atomic mass is 10.2. The van der Waals surface area contributed by atoms with Crippen LogP contribution in [0, 0.1) is 10.1 Å². The van der Waals surface area contributed by atoms with Crippen LogP contribution >= 0.6 is 11.8 Å². The Labute approximate surface area is 149 Å². The molecule has 2 aromatic rings. The first kappa shape index (κ1) is 18.5. The molecule has 7 nitrogen and oxygen atoms in total. The van der Waals surface area contributed by atoms with E-state index < -0.39 is 10.2 Å². The van der Waals surface area contributed by atoms with Crippen LogP contribution in [0.15, 0.2) is 53.4 Å². The Balaban J connectivity index is 2.01. The Morgan fingerprint density at radius 1 is 1.08 bits per heavy atom. The molecule has 0 bridgehead atoms. The largest absolute Gasteiger partial charge is 0.326 e. The van der Waals surface area contributed by atoms with Crippen molar-refractivity contribution in [2.75, 3.05) is 10.6 Å². The van der Waals surface area contributed by atoms with Gasteiger partial charge in [0.2, 0.25) is 11.8 Å². The minimum absolute atomic E-state index is 0.146. The van der Waals surface area contributed by atoms with E-state index in [4.69, 9.17) is 0 Å². The molecule has 8 heteroatoms. The van der Waals surface area contributed by atoms with Crippen LogP contribution in [0.25, 0.3) is 0 Å². The number of thioether (sulfide) groups is 1. The molecule has 0 saturated heterocycles. The highest BCUT2D eigenvalue weighted by Gasteiger charge is 2.19. The van der Waals surface area contributed by atoms with Gasteiger partial charge in [0.05, 0.1) is 10.2 Å². The molecule has 0 unspecified atom stereocenters. The number of benzene rings is 2. The van der Waals surface area contributed by atoms with Crippen molar-refractivity contribution in [1.82, 2.24) is 0 Å². The Kier molecular flexibility index (Phi) is 6.13. The number of anilines is 2. The average Bonchev–Trinajstić information content (AvgIpc) is 2.56. The van der Waals surface area contributed by atoms with Crippen LogP contribution in [0.5, 0.6) is 0 Å². The maximum atomic E-state index is 12.3. The second-order valence-electron chi connectivity index (χ2n) is 5.23. The number of rotatable bonds is 6. The smallest absolute Gasteiger partial charge is 0.292 e. The van der Waals surface area contributed by atoms with Gasteiger partial charge in [-0.1, -0.05) is 12.1 Å². The van der Waals surface area contributed by atoms with Crippen molar-refractivity contribution in [2.45, 2.75) is 24.0 Å². The molecule has 0 spiro atoms. The highest BCUT2D eigenvalue weighted by Crippen LogP contribution is 2.28. The van der Waals surface area contributed by atoms with Crippen LogP contribution in [0.4, 0.5) is 17.1 Å². The lowest BCUT2D eigenvalue weighted by Crippen LogP contribution is -2.22. The average molecular weight is 359 g/mol. The molecular weight excluding hydrogens is 342 g/mol. The highest BCUT2D eigenvalue weighted by atomic mass is 32.2. The van der Waals surface area contributed by atoms with Gasteiger partial charge in [0, 0.05) is 23.6 Å². The van der Waals surface area contributed by atoms with E-state index in [2.05, 4.69) is 10.6 Å². The van der Waals surface area contributed by atoms with E-state index >= 15 is 0 Å². The fourth-order valence-corrected chi connectivity index (χ4v) is 2.92. The molecule has 0 aliphatic rings. The summed E-state index contributed by atoms with van der Waals surface area (Å²) in [6, 6.07) is 13.1. The Morgan fingerprint density at radius 2 is 1.72 bits per heavy atom. The molecule has 0 aromatic heterocycles. The second-order valence-corrected chi connectivity index (χ2v) is 6.64. The molecule has 0 saturated carbocycles. The first-order valence-electron chi connectivity index (χ1n) is 7.45. The van der Waals surface area contributed by atoms with Gasteiger partial charge in [0.15, 0.2) is 0 Å². The molecule has 130 valence electrons. The standard InChI is InChI=1S/C17H17N3O4S/c1-11(25-14-9-7-13(8-10-14)18-12(2)21)17(22)19-15-5-3-4-6-16(15)20(23)24/h3-11H,1-2H3,(H,18,21)(H,19,22)/t11-/m0/s1. The van der Waals surface area contributed by atoms with Gasteiger partial charge in [0.25, 0.3) is 5.69 Å². The number of nitro benzene ring substituents is 1. The van der Waals surface area contributed by atoms with E-state index in [-0.39, 0.29) is 23.2 Å². The van der Waals surface area contributed by atoms with Crippen molar-refractivity contribution in [1.29, 1.82) is 0 Å². The number of para-hydroxylation sites is 2. The first-order valence-corrected chi connectivity index (χ1v) is 8.33. The van der Waals surface area contributed by atoms with Crippen LogP contribution in [0.3, 0.4) is 0 Å². The predicted octanol–water partition coefficient (Wildman–Crippen LogP) is 3.67. The van der Waals surface area contributed by atoms with E-state index in [0.717, 1.165) is 4.90 Å². The molecule has 2 amide bonds. The van der Waals surface area contributed by atoms with Gasteiger partial charge in [-0.05, 0) is 37.3 Å². The maximum Gasteiger partial charge on any atom is 0.292 e. The summed E-state index contributed by atoms with van der Waals surface area (Å²) in [6.45, 7) is 3.15. The van der Waals surface area contributed by atoms with Crippen LogP contribution in [0.2, 0.25) is 0 Å². The maximum absolute atomic E-state index is 12.3. The molecular formula is C17H17N3O4S. The lowest BCUT2D eigenvalue weighted by Gasteiger charge is -2.12. The highest BCUT2D eigenvalue weighted by molar-refractivity contribution is 8.00. The van der Waals surface area contributed by atoms with Crippen molar-refractivity contribution in [3.8, 4) is 0 Å². The van der Waals surface area contributed by atoms with E-state index in [9.17, 15) is 19.7 Å². The second kappa shape index (κ2) is 8.29. The molecule has 2 aromatic carbocycles. The number of nitrogens with one attached hydrogen (secondary N) is 2. The van der Waals surface area contributed by atoms with Crippen molar-refractivity contribution < 1.29 is 14.5 Å². The zero-order valence-corrected chi connectivity index (χ0v) is 14.5. The van der Waals surface area contributed by atoms with Gasteiger partial charge in [0.1, 0.15) is 5.69 Å². The summed E-state index contributed by atoms with van der Waals surface area (Å²) in [5.41, 5.74) is 0.701. The number of amides is 2. The number of carbonyl (C=O) groups excluding carboxylic acids is 2. The summed E-state index contributed by atoms with van der Waals surface area (Å²) < 4.78 is 0. The number of carbonyl (C=O) groups is 2. The third-order valence-electron chi connectivity index (χ3n) is 3.22. The zero-order valence-electron chi connectivity index (χ0n) is 13.7. The fraction of sp³-hybridized carbons (Fsp3) is 0.176. The number of nitrogens with zero attached hydrogens (tertiary/aromatic N) is 1. The molecule has 0 radical (unpaired) electrons. The van der Waals surface area contributed by atoms with Crippen LogP contribution in [0.1, 0.15) is 13.8 Å². The third-order valence-corrected chi connectivity index (χ3v) is 4.33. The summed E-state index contributed by atoms with van der Waals surface area (Å²) in [5.74, 6) is -0.483. The molecule has 25 heavy (non-hydrogen) atoms. The van der Waals surface area contributed by atoms with Gasteiger partial charge >= 0.3 is 0 Å². The van der Waals surface area contributed by atoms with Gasteiger partial charge in [-0.25, -0.2) is 0 Å². The quantitative estimate of drug-likeness (QED) is 0.465. The predicted molar refractivity (Wildman–Crippen MR) is 97.8 cm³/mol. The molecule has 1 atom stereocenters. The van der Waals surface area contributed by atoms with Crippen molar-refractivity contribution in [2.24, 2.45) is 0 Å². The Morgan fingerprint density at radius 3 is 2.32 bits per heavy atom. The Bertz CT molecular complexity index is 793. The minimum Gasteiger partial charge on any atom is -0.326 e. The van der Waals surface area contributed by atoms with Crippen LogP contribution in [-0.4, -0.2) is 22.0 Å². The lowest BCUT2D eigenvalue weighted by molar-refractivity contribution is -0.383. The number of nitro groups is 1. The summed E-state index contributed by atoms with van der Waals surface area (Å²) in [7, 11) is 0. The fourth-order valence-electron chi connectivity index (χ4n) is 2.05. The first-order chi connectivity index (χ1) is 11.9. The Hall–Kier alpha value is -2.87. The normalized spacial score (nSPS) is 11.4. The van der Waals surface area contributed by atoms with E-state index in [1.807, 2.05) is 0 Å². The molecule has 0 aliphatic carbocycles. The van der Waals surface area contributed by atoms with Crippen LogP contribution < -0.4 is 10.6 Å². The van der Waals surface area contributed by atoms with Gasteiger partial charge in [-0.2, -0.15) is 0 Å². The third kappa shape index (κ3) is 5.32. The monoisotopic (exact) mass is 359 g/mol. The van der Waals surface area contributed by atoms with E-state index in [1.165, 1.54) is 30.8 Å². The molecule has 2 rings (SSSR count). The topological polar surface area (TPSA) is 101 Å². The number of hydrogen-bond acceptors (Lipinski definition) is 5. The summed E-state index contributed by atoms with van der Waals surface area (Å²) in [5, 5.41) is 15.8. The van der Waals surface area contributed by atoms with Crippen molar-refractivity contribution in [3.63, 3.8) is 0 Å². The minimum atomic E-state index is -0.534. The van der Waals surface area contributed by atoms with Gasteiger partial charge in [-0.15, -0.1) is 11.8 Å². The summed E-state index contributed by atoms with van der Waals surface area (Å²) >= 11 is 1.32. The molecule has 0 heterocycles. The van der Waals surface area contributed by atoms with Gasteiger partial charge < -0.3 is 10.6 Å². The van der Waals surface area contributed by atoms with E-state index in [1.54, 1.807) is 43.3 Å². The van der Waals surface area contributed by atoms with Crippen LogP contribution in [-0.2, 0) is 9.59 Å². The SMILES string of the molecule is CC(=O)Nc1ccc(S[C@@H](C)C(=O)Nc2ccccc2[N+](=O)[O-])cc1. The van der Waals surface area contributed by atoms with Crippen molar-refractivity contribution >= 4 is 40.6 Å². The van der Waals surface area contributed by atoms with E-state index in [0.29, 0.717) is 5.69 Å². The van der Waals surface area contributed by atoms with Crippen molar-refractivity contribution in [3.05, 3.63) is 58.6 Å². The summed E-state index contributed by atoms with van der Waals surface area (Å²) in [4.78, 5) is 34.6. The summed E-state index contributed by atoms with van der Waals surface area (Å²) in [6.07, 6.45) is 0. The molecule has 2 N–H and O–H groups in total. The zero-order chi connectivity index (χ0) is 18.4. The molecule has 0 aliphatic heterocycles.